The minimum Gasteiger partial charge on any atom is -0.352 e. The fourth-order valence-corrected chi connectivity index (χ4v) is 0. The summed E-state index contributed by atoms with van der Waals surface area (Å²) in [5.41, 5.74) is 8.50. The molecule has 4 heteroatoms. The first-order valence-electron chi connectivity index (χ1n) is 0.781. The molecule has 3 nitrogen and oxygen atoms in total. The van der Waals surface area contributed by atoms with Crippen LogP contribution in [0.3, 0.4) is 0 Å². The molecule has 2 amide bonds. The summed E-state index contributed by atoms with van der Waals surface area (Å²) >= 11 is 0. The van der Waals surface area contributed by atoms with E-state index < -0.39 is 6.03 Å². The normalized spacial score (nSPS) is 4.80. The molecule has 0 aliphatic rings. The molecule has 0 saturated carbocycles. The minimum atomic E-state index is -0.833. The maximum Gasteiger partial charge on any atom is 0.309 e. The molecule has 0 aliphatic carbocycles. The molecular formula is CH4N2OSn. The van der Waals surface area contributed by atoms with Gasteiger partial charge in [-0.1, -0.05) is 0 Å². The van der Waals surface area contributed by atoms with E-state index in [4.69, 9.17) is 4.79 Å². The van der Waals surface area contributed by atoms with Crippen LogP contribution in [0.1, 0.15) is 0 Å². The van der Waals surface area contributed by atoms with Gasteiger partial charge in [0.25, 0.3) is 0 Å². The molecule has 0 saturated heterocycles. The van der Waals surface area contributed by atoms with Crippen molar-refractivity contribution in [3.05, 3.63) is 0 Å². The molecule has 0 aliphatic heterocycles. The monoisotopic (exact) mass is 180 g/mol. The second kappa shape index (κ2) is 4.07. The second-order valence-corrected chi connectivity index (χ2v) is 0.402. The molecule has 0 unspecified atom stereocenters. The van der Waals surface area contributed by atoms with E-state index in [1.54, 1.807) is 0 Å². The first kappa shape index (κ1) is 8.91. The van der Waals surface area contributed by atoms with Crippen LogP contribution in [0.4, 0.5) is 4.79 Å². The van der Waals surface area contributed by atoms with Crippen molar-refractivity contribution < 1.29 is 4.79 Å². The van der Waals surface area contributed by atoms with Crippen molar-refractivity contribution in [3.63, 3.8) is 0 Å². The van der Waals surface area contributed by atoms with Gasteiger partial charge in [0.05, 0.1) is 0 Å². The molecule has 0 aromatic carbocycles. The number of primary amides is 2. The Morgan fingerprint density at radius 2 is 1.40 bits per heavy atom. The number of hydrogen-bond donors (Lipinski definition) is 2. The maximum absolute atomic E-state index is 9.00. The van der Waals surface area contributed by atoms with Gasteiger partial charge in [0, 0.05) is 23.9 Å². The Balaban J connectivity index is 0. The van der Waals surface area contributed by atoms with Gasteiger partial charge in [-0.3, -0.25) is 0 Å². The van der Waals surface area contributed by atoms with Crippen LogP contribution in [-0.2, 0) is 0 Å². The van der Waals surface area contributed by atoms with E-state index >= 15 is 0 Å². The largest absolute Gasteiger partial charge is 0.352 e. The van der Waals surface area contributed by atoms with E-state index in [0.717, 1.165) is 0 Å². The van der Waals surface area contributed by atoms with E-state index in [0.29, 0.717) is 0 Å². The smallest absolute Gasteiger partial charge is 0.309 e. The van der Waals surface area contributed by atoms with Crippen molar-refractivity contribution in [3.8, 4) is 0 Å². The molecule has 0 aromatic rings. The van der Waals surface area contributed by atoms with Gasteiger partial charge in [-0.15, -0.1) is 0 Å². The second-order valence-electron chi connectivity index (χ2n) is 0.402. The van der Waals surface area contributed by atoms with Gasteiger partial charge in [0.1, 0.15) is 0 Å². The fourth-order valence-electron chi connectivity index (χ4n) is 0. The third-order valence-electron chi connectivity index (χ3n) is 0. The average Bonchev–Trinajstić information content (AvgIpc) is 0.811. The molecule has 0 atom stereocenters. The third-order valence-corrected chi connectivity index (χ3v) is 0. The summed E-state index contributed by atoms with van der Waals surface area (Å²) in [6.45, 7) is 0. The van der Waals surface area contributed by atoms with E-state index in [1.807, 2.05) is 0 Å². The molecule has 4 radical (unpaired) electrons. The zero-order valence-electron chi connectivity index (χ0n) is 2.56. The standard InChI is InChI=1S/CH4N2O.Sn/c2-1(3)4;/h(H4,2,3,4);. The van der Waals surface area contributed by atoms with Gasteiger partial charge in [0.15, 0.2) is 0 Å². The van der Waals surface area contributed by atoms with Crippen molar-refractivity contribution >= 4 is 29.9 Å². The molecule has 0 fully saturated rings. The summed E-state index contributed by atoms with van der Waals surface area (Å²) in [4.78, 5) is 9.00. The molecule has 0 aromatic heterocycles. The number of rotatable bonds is 0. The molecular weight excluding hydrogens is 175 g/mol. The number of nitrogens with two attached hydrogens (primary N) is 2. The van der Waals surface area contributed by atoms with Gasteiger partial charge >= 0.3 is 6.03 Å². The summed E-state index contributed by atoms with van der Waals surface area (Å²) in [6, 6.07) is -0.833. The molecule has 0 heterocycles. The van der Waals surface area contributed by atoms with Crippen LogP contribution < -0.4 is 11.5 Å². The van der Waals surface area contributed by atoms with Crippen LogP contribution in [-0.4, -0.2) is 29.9 Å². The number of hydrogen-bond acceptors (Lipinski definition) is 1. The summed E-state index contributed by atoms with van der Waals surface area (Å²) in [5, 5.41) is 0. The summed E-state index contributed by atoms with van der Waals surface area (Å²) in [5.74, 6) is 0. The predicted molar refractivity (Wildman–Crippen MR) is 19.5 cm³/mol. The van der Waals surface area contributed by atoms with Gasteiger partial charge in [0.2, 0.25) is 0 Å². The molecule has 0 spiro atoms. The van der Waals surface area contributed by atoms with E-state index in [-0.39, 0.29) is 23.9 Å². The Kier molecular flexibility index (Phi) is 7.25. The van der Waals surface area contributed by atoms with Crippen molar-refractivity contribution in [2.75, 3.05) is 0 Å². The van der Waals surface area contributed by atoms with Crippen LogP contribution >= 0.6 is 0 Å². The summed E-state index contributed by atoms with van der Waals surface area (Å²) in [7, 11) is 0. The molecule has 4 N–H and O–H groups in total. The van der Waals surface area contributed by atoms with E-state index in [9.17, 15) is 0 Å². The number of carbonyl (C=O) groups excluding carboxylic acids is 1. The van der Waals surface area contributed by atoms with Gasteiger partial charge in [-0.05, 0) is 0 Å². The SMILES string of the molecule is NC(N)=O.[Sn]. The minimum absolute atomic E-state index is 0. The topological polar surface area (TPSA) is 69.1 Å². The first-order valence-corrected chi connectivity index (χ1v) is 0.781. The summed E-state index contributed by atoms with van der Waals surface area (Å²) < 4.78 is 0. The molecule has 0 rings (SSSR count). The Bertz CT molecular complexity index is 32.6. The Labute approximate surface area is 46.7 Å². The maximum atomic E-state index is 9.00. The van der Waals surface area contributed by atoms with E-state index in [1.165, 1.54) is 0 Å². The Morgan fingerprint density at radius 1 is 1.40 bits per heavy atom. The van der Waals surface area contributed by atoms with Crippen LogP contribution in [0.15, 0.2) is 0 Å². The van der Waals surface area contributed by atoms with Gasteiger partial charge in [-0.25, -0.2) is 4.79 Å². The van der Waals surface area contributed by atoms with Crippen molar-refractivity contribution in [2.24, 2.45) is 11.5 Å². The molecule has 5 heavy (non-hydrogen) atoms. The number of urea groups is 1. The van der Waals surface area contributed by atoms with Gasteiger partial charge < -0.3 is 11.5 Å². The quantitative estimate of drug-likeness (QED) is 0.443. The zero-order chi connectivity index (χ0) is 3.58. The van der Waals surface area contributed by atoms with Crippen molar-refractivity contribution in [1.82, 2.24) is 0 Å². The number of carbonyl (C=O) groups is 1. The Morgan fingerprint density at radius 3 is 1.40 bits per heavy atom. The van der Waals surface area contributed by atoms with Crippen LogP contribution in [0, 0.1) is 0 Å². The predicted octanol–water partition coefficient (Wildman–Crippen LogP) is -1.36. The van der Waals surface area contributed by atoms with Crippen LogP contribution in [0.5, 0.6) is 0 Å². The van der Waals surface area contributed by atoms with Crippen molar-refractivity contribution in [1.29, 1.82) is 0 Å². The molecule has 0 bridgehead atoms. The van der Waals surface area contributed by atoms with Gasteiger partial charge in [-0.2, -0.15) is 0 Å². The molecule has 28 valence electrons. The summed E-state index contributed by atoms with van der Waals surface area (Å²) in [6.07, 6.45) is 0. The van der Waals surface area contributed by atoms with E-state index in [2.05, 4.69) is 11.5 Å². The Hall–Kier alpha value is 0.0687. The first-order chi connectivity index (χ1) is 1.73. The van der Waals surface area contributed by atoms with Crippen LogP contribution in [0.2, 0.25) is 0 Å². The third kappa shape index (κ3) is 3690. The van der Waals surface area contributed by atoms with Crippen LogP contribution in [0.25, 0.3) is 0 Å². The zero-order valence-corrected chi connectivity index (χ0v) is 5.42. The number of amides is 2. The fraction of sp³-hybridized carbons (Fsp3) is 0. The van der Waals surface area contributed by atoms with Crippen molar-refractivity contribution in [2.45, 2.75) is 0 Å². The average molecular weight is 179 g/mol.